The zero-order chi connectivity index (χ0) is 24.3. The van der Waals surface area contributed by atoms with Gasteiger partial charge in [-0.2, -0.15) is 9.57 Å². The zero-order valence-corrected chi connectivity index (χ0v) is 19.9. The molecule has 1 unspecified atom stereocenters. The Morgan fingerprint density at radius 1 is 1.03 bits per heavy atom. The molecule has 8 heteroatoms. The number of nitrogens with zero attached hydrogens (tertiary/aromatic N) is 4. The van der Waals surface area contributed by atoms with Gasteiger partial charge in [0.15, 0.2) is 0 Å². The second-order valence-electron chi connectivity index (χ2n) is 8.60. The van der Waals surface area contributed by atoms with Crippen LogP contribution in [0.5, 0.6) is 0 Å². The summed E-state index contributed by atoms with van der Waals surface area (Å²) in [6.07, 6.45) is 4.04. The normalized spacial score (nSPS) is 16.3. The first-order chi connectivity index (χ1) is 17.0. The number of fused-ring (bicyclic) bond motifs is 1. The highest BCUT2D eigenvalue weighted by Crippen LogP contribution is 2.33. The molecular weight excluding hydrogens is 458 g/mol. The summed E-state index contributed by atoms with van der Waals surface area (Å²) in [6.45, 7) is 1.18. The number of H-pyrrole nitrogens is 1. The highest BCUT2D eigenvalue weighted by Gasteiger charge is 2.36. The molecule has 7 nitrogen and oxygen atoms in total. The largest absolute Gasteiger partial charge is 0.364 e. The summed E-state index contributed by atoms with van der Waals surface area (Å²) in [4.78, 5) is 9.81. The molecule has 4 aromatic rings. The van der Waals surface area contributed by atoms with E-state index in [1.807, 2.05) is 48.7 Å². The number of hydrogen-bond acceptors (Lipinski definition) is 5. The van der Waals surface area contributed by atoms with E-state index in [0.29, 0.717) is 25.1 Å². The van der Waals surface area contributed by atoms with Crippen LogP contribution in [0, 0.1) is 11.3 Å². The standard InChI is InChI=1S/C27H25N5O2S/c28-15-22-11-12-27-23(13-22)17-32(35(33,34)26-9-5-2-6-10-26)25(14-21-7-3-1-4-8-21)19-31(27)18-24-16-29-20-30-24/h1-13,16,20,25H,14,17-19H2,(H,29,30). The van der Waals surface area contributed by atoms with Crippen molar-refractivity contribution in [3.05, 3.63) is 114 Å². The summed E-state index contributed by atoms with van der Waals surface area (Å²) in [5.41, 5.74) is 4.14. The second-order valence-corrected chi connectivity index (χ2v) is 10.5. The molecule has 1 N–H and O–H groups in total. The Bertz CT molecular complexity index is 1430. The minimum absolute atomic E-state index is 0.177. The maximum atomic E-state index is 14.0. The Kier molecular flexibility index (Phi) is 6.36. The summed E-state index contributed by atoms with van der Waals surface area (Å²) in [5.74, 6) is 0. The number of hydrogen-bond donors (Lipinski definition) is 1. The third-order valence-corrected chi connectivity index (χ3v) is 8.20. The van der Waals surface area contributed by atoms with Crippen LogP contribution in [-0.4, -0.2) is 35.3 Å². The minimum Gasteiger partial charge on any atom is -0.364 e. The van der Waals surface area contributed by atoms with Crippen LogP contribution < -0.4 is 4.90 Å². The quantitative estimate of drug-likeness (QED) is 0.446. The van der Waals surface area contributed by atoms with E-state index in [2.05, 4.69) is 20.9 Å². The van der Waals surface area contributed by atoms with Crippen molar-refractivity contribution in [1.82, 2.24) is 14.3 Å². The second kappa shape index (κ2) is 9.74. The van der Waals surface area contributed by atoms with E-state index in [-0.39, 0.29) is 17.5 Å². The smallest absolute Gasteiger partial charge is 0.243 e. The molecule has 0 saturated carbocycles. The summed E-state index contributed by atoms with van der Waals surface area (Å²) in [6, 6.07) is 25.8. The Balaban J connectivity index is 1.62. The lowest BCUT2D eigenvalue weighted by atomic mass is 10.1. The van der Waals surface area contributed by atoms with E-state index in [9.17, 15) is 13.7 Å². The first-order valence-corrected chi connectivity index (χ1v) is 12.8. The summed E-state index contributed by atoms with van der Waals surface area (Å²) in [5, 5.41) is 9.52. The molecule has 0 fully saturated rings. The van der Waals surface area contributed by atoms with Crippen LogP contribution in [0.2, 0.25) is 0 Å². The number of imidazole rings is 1. The van der Waals surface area contributed by atoms with Crippen molar-refractivity contribution in [3.8, 4) is 6.07 Å². The van der Waals surface area contributed by atoms with Crippen LogP contribution in [0.25, 0.3) is 0 Å². The van der Waals surface area contributed by atoms with Gasteiger partial charge in [0, 0.05) is 31.0 Å². The van der Waals surface area contributed by atoms with Crippen LogP contribution in [0.1, 0.15) is 22.4 Å². The van der Waals surface area contributed by atoms with Crippen LogP contribution >= 0.6 is 0 Å². The van der Waals surface area contributed by atoms with E-state index in [1.165, 1.54) is 0 Å². The number of sulfonamides is 1. The number of nitriles is 1. The van der Waals surface area contributed by atoms with Crippen molar-refractivity contribution >= 4 is 15.7 Å². The van der Waals surface area contributed by atoms with Gasteiger partial charge in [-0.1, -0.05) is 48.5 Å². The molecule has 2 heterocycles. The molecule has 5 rings (SSSR count). The van der Waals surface area contributed by atoms with Gasteiger partial charge in [0.25, 0.3) is 0 Å². The summed E-state index contributed by atoms with van der Waals surface area (Å²) < 4.78 is 29.5. The lowest BCUT2D eigenvalue weighted by molar-refractivity contribution is 0.318. The Labute approximate surface area is 205 Å². The molecule has 1 aliphatic heterocycles. The van der Waals surface area contributed by atoms with Crippen LogP contribution in [0.15, 0.2) is 96.3 Å². The van der Waals surface area contributed by atoms with Crippen molar-refractivity contribution in [2.75, 3.05) is 11.4 Å². The fourth-order valence-corrected chi connectivity index (χ4v) is 6.23. The zero-order valence-electron chi connectivity index (χ0n) is 19.1. The van der Waals surface area contributed by atoms with E-state index < -0.39 is 10.0 Å². The van der Waals surface area contributed by atoms with E-state index in [1.54, 1.807) is 47.0 Å². The van der Waals surface area contributed by atoms with E-state index in [4.69, 9.17) is 0 Å². The molecule has 176 valence electrons. The van der Waals surface area contributed by atoms with Gasteiger partial charge in [-0.3, -0.25) is 0 Å². The maximum absolute atomic E-state index is 14.0. The van der Waals surface area contributed by atoms with Crippen molar-refractivity contribution in [1.29, 1.82) is 5.26 Å². The van der Waals surface area contributed by atoms with Crippen LogP contribution in [0.3, 0.4) is 0 Å². The Morgan fingerprint density at radius 3 is 2.46 bits per heavy atom. The molecule has 0 amide bonds. The lowest BCUT2D eigenvalue weighted by Gasteiger charge is -2.32. The monoisotopic (exact) mass is 483 g/mol. The fraction of sp³-hybridized carbons (Fsp3) is 0.185. The van der Waals surface area contributed by atoms with Crippen molar-refractivity contribution in [3.63, 3.8) is 0 Å². The molecule has 0 saturated heterocycles. The topological polar surface area (TPSA) is 93.1 Å². The molecule has 1 aromatic heterocycles. The number of aromatic amines is 1. The Morgan fingerprint density at radius 2 is 1.77 bits per heavy atom. The summed E-state index contributed by atoms with van der Waals surface area (Å²) >= 11 is 0. The maximum Gasteiger partial charge on any atom is 0.243 e. The molecule has 1 atom stereocenters. The third kappa shape index (κ3) is 4.83. The van der Waals surface area contributed by atoms with Crippen LogP contribution in [-0.2, 0) is 29.5 Å². The highest BCUT2D eigenvalue weighted by atomic mass is 32.2. The van der Waals surface area contributed by atoms with Gasteiger partial charge in [0.2, 0.25) is 10.0 Å². The van der Waals surface area contributed by atoms with Gasteiger partial charge in [-0.25, -0.2) is 13.4 Å². The van der Waals surface area contributed by atoms with Crippen molar-refractivity contribution in [2.45, 2.75) is 30.4 Å². The number of benzene rings is 3. The van der Waals surface area contributed by atoms with Gasteiger partial charge >= 0.3 is 0 Å². The van der Waals surface area contributed by atoms with Gasteiger partial charge in [0.05, 0.1) is 35.1 Å². The molecular formula is C27H25N5O2S. The lowest BCUT2D eigenvalue weighted by Crippen LogP contribution is -2.45. The van der Waals surface area contributed by atoms with Crippen molar-refractivity contribution in [2.24, 2.45) is 0 Å². The number of nitrogens with one attached hydrogen (secondary N) is 1. The van der Waals surface area contributed by atoms with Gasteiger partial charge in [-0.15, -0.1) is 0 Å². The van der Waals surface area contributed by atoms with Crippen molar-refractivity contribution < 1.29 is 8.42 Å². The van der Waals surface area contributed by atoms with Gasteiger partial charge in [-0.05, 0) is 47.9 Å². The van der Waals surface area contributed by atoms with Gasteiger partial charge in [0.1, 0.15) is 0 Å². The first-order valence-electron chi connectivity index (χ1n) is 11.4. The van der Waals surface area contributed by atoms with Crippen LogP contribution in [0.4, 0.5) is 5.69 Å². The molecule has 0 spiro atoms. The molecule has 0 bridgehead atoms. The molecule has 1 aliphatic rings. The molecule has 35 heavy (non-hydrogen) atoms. The Hall–Kier alpha value is -3.93. The first kappa shape index (κ1) is 22.8. The average Bonchev–Trinajstić information content (AvgIpc) is 3.35. The predicted molar refractivity (Wildman–Crippen MR) is 134 cm³/mol. The number of anilines is 1. The van der Waals surface area contributed by atoms with Gasteiger partial charge < -0.3 is 9.88 Å². The molecule has 3 aromatic carbocycles. The highest BCUT2D eigenvalue weighted by molar-refractivity contribution is 7.89. The van der Waals surface area contributed by atoms with E-state index >= 15 is 0 Å². The predicted octanol–water partition coefficient (Wildman–Crippen LogP) is 4.10. The SMILES string of the molecule is N#Cc1ccc2c(c1)CN(S(=O)(=O)c1ccccc1)C(Cc1ccccc1)CN2Cc1c[nH]cn1. The summed E-state index contributed by atoms with van der Waals surface area (Å²) in [7, 11) is -3.80. The molecule has 0 aliphatic carbocycles. The van der Waals surface area contributed by atoms with E-state index in [0.717, 1.165) is 22.5 Å². The number of rotatable bonds is 6. The fourth-order valence-electron chi connectivity index (χ4n) is 4.62. The number of aromatic nitrogens is 2. The average molecular weight is 484 g/mol. The third-order valence-electron chi connectivity index (χ3n) is 6.29. The minimum atomic E-state index is -3.80. The molecule has 0 radical (unpaired) electrons.